The third kappa shape index (κ3) is 4.32. The molecule has 34 heavy (non-hydrogen) atoms. The van der Waals surface area contributed by atoms with E-state index < -0.39 is 0 Å². The van der Waals surface area contributed by atoms with Gasteiger partial charge in [-0.05, 0) is 61.1 Å². The number of nitrogens with zero attached hydrogens (tertiary/aromatic N) is 4. The van der Waals surface area contributed by atoms with E-state index in [4.69, 9.17) is 14.5 Å². The molecule has 1 aromatic carbocycles. The fourth-order valence-electron chi connectivity index (χ4n) is 4.61. The van der Waals surface area contributed by atoms with Gasteiger partial charge < -0.3 is 19.7 Å². The summed E-state index contributed by atoms with van der Waals surface area (Å²) in [6.07, 6.45) is 2.87. The minimum atomic E-state index is 0.118. The Bertz CT molecular complexity index is 1190. The van der Waals surface area contributed by atoms with Crippen molar-refractivity contribution in [2.45, 2.75) is 52.3 Å². The van der Waals surface area contributed by atoms with E-state index in [2.05, 4.69) is 78.4 Å². The van der Waals surface area contributed by atoms with E-state index in [-0.39, 0.29) is 5.54 Å². The number of pyridine rings is 1. The molecular weight excluding hydrogens is 426 g/mol. The second kappa shape index (κ2) is 8.87. The molecule has 0 saturated carbocycles. The number of hydrogen-bond donors (Lipinski definition) is 1. The van der Waals surface area contributed by atoms with Gasteiger partial charge >= 0.3 is 0 Å². The lowest BCUT2D eigenvalue weighted by Crippen LogP contribution is -2.50. The van der Waals surface area contributed by atoms with E-state index in [1.165, 1.54) is 0 Å². The molecule has 0 radical (unpaired) electrons. The molecule has 1 saturated heterocycles. The molecule has 0 bridgehead atoms. The number of benzene rings is 1. The minimum absolute atomic E-state index is 0.118. The largest absolute Gasteiger partial charge is 0.480 e. The lowest BCUT2D eigenvalue weighted by molar-refractivity contribution is 0.260. The predicted octanol–water partition coefficient (Wildman–Crippen LogP) is 4.71. The standard InChI is InChI=1S/C27H33N5O2/c1-17(2)27(3,4)30-21-10-11-32(15-21)24-9-8-23-22-7-6-18(12-20(22)16-34-26(23)29-24)19-13-25(33-5)31-28-14-19/h6-9,12-14,17,21,30H,10-11,15-16H2,1-5H3. The number of hydrogen-bond acceptors (Lipinski definition) is 7. The Morgan fingerprint density at radius 2 is 1.94 bits per heavy atom. The second-order valence-electron chi connectivity index (χ2n) is 10.1. The molecule has 0 amide bonds. The van der Waals surface area contributed by atoms with Crippen LogP contribution in [0, 0.1) is 5.92 Å². The first-order valence-corrected chi connectivity index (χ1v) is 12.0. The van der Waals surface area contributed by atoms with Crippen molar-refractivity contribution in [3.8, 4) is 34.0 Å². The summed E-state index contributed by atoms with van der Waals surface area (Å²) in [7, 11) is 1.60. The molecule has 0 spiro atoms. The van der Waals surface area contributed by atoms with Crippen molar-refractivity contribution in [1.82, 2.24) is 20.5 Å². The molecule has 7 heteroatoms. The number of ether oxygens (including phenoxy) is 2. The van der Waals surface area contributed by atoms with E-state index in [1.54, 1.807) is 13.3 Å². The van der Waals surface area contributed by atoms with Crippen LogP contribution in [0.4, 0.5) is 5.82 Å². The summed E-state index contributed by atoms with van der Waals surface area (Å²) >= 11 is 0. The van der Waals surface area contributed by atoms with Gasteiger partial charge in [0.15, 0.2) is 0 Å². The summed E-state index contributed by atoms with van der Waals surface area (Å²) in [5, 5.41) is 11.8. The summed E-state index contributed by atoms with van der Waals surface area (Å²) < 4.78 is 11.3. The highest BCUT2D eigenvalue weighted by molar-refractivity contribution is 5.78. The van der Waals surface area contributed by atoms with Gasteiger partial charge in [-0.3, -0.25) is 0 Å². The molecule has 2 aliphatic rings. The topological polar surface area (TPSA) is 72.4 Å². The van der Waals surface area contributed by atoms with Crippen LogP contribution in [0.25, 0.3) is 22.3 Å². The molecule has 0 aliphatic carbocycles. The van der Waals surface area contributed by atoms with E-state index in [9.17, 15) is 0 Å². The number of anilines is 1. The van der Waals surface area contributed by atoms with Crippen molar-refractivity contribution >= 4 is 5.82 Å². The SMILES string of the molecule is COc1cc(-c2ccc3c(c2)COc2nc(N4CCC(NC(C)(C)C(C)C)C4)ccc2-3)cnn1. The fraction of sp³-hybridized carbons (Fsp3) is 0.444. The van der Waals surface area contributed by atoms with Crippen LogP contribution in [0.3, 0.4) is 0 Å². The third-order valence-corrected chi connectivity index (χ3v) is 7.31. The average molecular weight is 460 g/mol. The molecule has 1 unspecified atom stereocenters. The molecule has 178 valence electrons. The maximum Gasteiger partial charge on any atom is 0.233 e. The maximum atomic E-state index is 6.12. The van der Waals surface area contributed by atoms with Crippen molar-refractivity contribution in [1.29, 1.82) is 0 Å². The van der Waals surface area contributed by atoms with Crippen LogP contribution in [0.15, 0.2) is 42.6 Å². The first-order valence-electron chi connectivity index (χ1n) is 12.0. The number of nitrogens with one attached hydrogen (secondary N) is 1. The van der Waals surface area contributed by atoms with Gasteiger partial charge in [0.1, 0.15) is 12.4 Å². The van der Waals surface area contributed by atoms with Crippen LogP contribution in [-0.4, -0.2) is 47.0 Å². The predicted molar refractivity (Wildman–Crippen MR) is 134 cm³/mol. The summed E-state index contributed by atoms with van der Waals surface area (Å²) in [4.78, 5) is 7.27. The number of rotatable bonds is 6. The maximum absolute atomic E-state index is 6.12. The highest BCUT2D eigenvalue weighted by Crippen LogP contribution is 2.39. The summed E-state index contributed by atoms with van der Waals surface area (Å²) in [6.45, 7) is 11.6. The fourth-order valence-corrected chi connectivity index (χ4v) is 4.61. The first kappa shape index (κ1) is 22.6. The zero-order valence-electron chi connectivity index (χ0n) is 20.6. The molecule has 7 nitrogen and oxygen atoms in total. The van der Waals surface area contributed by atoms with Gasteiger partial charge in [-0.15, -0.1) is 5.10 Å². The zero-order chi connectivity index (χ0) is 23.9. The van der Waals surface area contributed by atoms with Gasteiger partial charge in [0.2, 0.25) is 11.8 Å². The van der Waals surface area contributed by atoms with Gasteiger partial charge in [0, 0.05) is 41.9 Å². The second-order valence-corrected chi connectivity index (χ2v) is 10.1. The van der Waals surface area contributed by atoms with Gasteiger partial charge in [-0.1, -0.05) is 26.0 Å². The summed E-state index contributed by atoms with van der Waals surface area (Å²) in [5.41, 5.74) is 5.48. The van der Waals surface area contributed by atoms with E-state index in [1.807, 2.05) is 6.07 Å². The highest BCUT2D eigenvalue weighted by atomic mass is 16.5. The number of aromatic nitrogens is 3. The Morgan fingerprint density at radius 3 is 2.74 bits per heavy atom. The Hall–Kier alpha value is -3.19. The Labute approximate surface area is 201 Å². The van der Waals surface area contributed by atoms with Gasteiger partial charge in [0.05, 0.1) is 13.3 Å². The van der Waals surface area contributed by atoms with E-state index in [0.717, 1.165) is 53.1 Å². The smallest absolute Gasteiger partial charge is 0.233 e. The number of fused-ring (bicyclic) bond motifs is 3. The quantitative estimate of drug-likeness (QED) is 0.572. The van der Waals surface area contributed by atoms with Crippen molar-refractivity contribution < 1.29 is 9.47 Å². The first-order chi connectivity index (χ1) is 16.3. The molecule has 1 atom stereocenters. The molecule has 5 rings (SSSR count). The third-order valence-electron chi connectivity index (χ3n) is 7.31. The zero-order valence-corrected chi connectivity index (χ0v) is 20.6. The van der Waals surface area contributed by atoms with E-state index >= 15 is 0 Å². The van der Waals surface area contributed by atoms with Gasteiger partial charge in [-0.25, -0.2) is 0 Å². The van der Waals surface area contributed by atoms with Crippen LogP contribution in [0.1, 0.15) is 39.7 Å². The lowest BCUT2D eigenvalue weighted by atomic mass is 9.90. The van der Waals surface area contributed by atoms with Crippen molar-refractivity contribution in [2.75, 3.05) is 25.1 Å². The van der Waals surface area contributed by atoms with Gasteiger partial charge in [0.25, 0.3) is 0 Å². The molecule has 2 aliphatic heterocycles. The van der Waals surface area contributed by atoms with Crippen LogP contribution in [0.2, 0.25) is 0 Å². The minimum Gasteiger partial charge on any atom is -0.480 e. The van der Waals surface area contributed by atoms with Crippen LogP contribution >= 0.6 is 0 Å². The monoisotopic (exact) mass is 459 g/mol. The molecule has 1 N–H and O–H groups in total. The molecular formula is C27H33N5O2. The van der Waals surface area contributed by atoms with Gasteiger partial charge in [-0.2, -0.15) is 10.1 Å². The van der Waals surface area contributed by atoms with Crippen LogP contribution in [-0.2, 0) is 6.61 Å². The lowest BCUT2D eigenvalue weighted by Gasteiger charge is -2.34. The van der Waals surface area contributed by atoms with E-state index in [0.29, 0.717) is 30.3 Å². The Morgan fingerprint density at radius 1 is 1.12 bits per heavy atom. The van der Waals surface area contributed by atoms with Crippen molar-refractivity contribution in [3.05, 3.63) is 48.2 Å². The van der Waals surface area contributed by atoms with Crippen LogP contribution < -0.4 is 19.7 Å². The Balaban J connectivity index is 1.35. The molecule has 1 fully saturated rings. The van der Waals surface area contributed by atoms with Crippen molar-refractivity contribution in [3.63, 3.8) is 0 Å². The molecule has 2 aromatic heterocycles. The normalized spacial score (nSPS) is 17.4. The van der Waals surface area contributed by atoms with Crippen molar-refractivity contribution in [2.24, 2.45) is 5.92 Å². The van der Waals surface area contributed by atoms with Crippen LogP contribution in [0.5, 0.6) is 11.8 Å². The average Bonchev–Trinajstić information content (AvgIpc) is 3.31. The molecule has 3 aromatic rings. The summed E-state index contributed by atoms with van der Waals surface area (Å²) in [5.74, 6) is 2.78. The summed E-state index contributed by atoms with van der Waals surface area (Å²) in [6, 6.07) is 13.0. The Kier molecular flexibility index (Phi) is 5.90. The highest BCUT2D eigenvalue weighted by Gasteiger charge is 2.31. The number of methoxy groups -OCH3 is 1. The molecule has 4 heterocycles.